The summed E-state index contributed by atoms with van der Waals surface area (Å²) in [7, 11) is 0. The van der Waals surface area contributed by atoms with Crippen LogP contribution in [-0.4, -0.2) is 21.5 Å². The summed E-state index contributed by atoms with van der Waals surface area (Å²) in [5.74, 6) is 0.779. The van der Waals surface area contributed by atoms with E-state index in [0.29, 0.717) is 6.04 Å². The molecular weight excluding hydrogens is 320 g/mol. The first-order valence-corrected chi connectivity index (χ1v) is 9.44. The fourth-order valence-electron chi connectivity index (χ4n) is 3.61. The SMILES string of the molecule is c1ccc(CCCN[C@@H]2CCCc3nc(-c4cccnc4)ncc32)cc1. The van der Waals surface area contributed by atoms with Crippen molar-refractivity contribution in [3.8, 4) is 11.4 Å². The maximum atomic E-state index is 4.82. The molecule has 132 valence electrons. The molecule has 0 saturated heterocycles. The Morgan fingerprint density at radius 1 is 1.04 bits per heavy atom. The van der Waals surface area contributed by atoms with Gasteiger partial charge in [0.15, 0.2) is 5.82 Å². The third-order valence-corrected chi connectivity index (χ3v) is 4.98. The minimum atomic E-state index is 0.373. The van der Waals surface area contributed by atoms with Gasteiger partial charge in [0.05, 0.1) is 0 Å². The molecule has 1 N–H and O–H groups in total. The molecule has 3 aromatic rings. The molecule has 0 spiro atoms. The van der Waals surface area contributed by atoms with Crippen molar-refractivity contribution in [2.45, 2.75) is 38.1 Å². The van der Waals surface area contributed by atoms with E-state index in [2.05, 4.69) is 45.6 Å². The molecule has 26 heavy (non-hydrogen) atoms. The molecule has 4 heteroatoms. The Kier molecular flexibility index (Phi) is 5.31. The number of nitrogens with zero attached hydrogens (tertiary/aromatic N) is 3. The van der Waals surface area contributed by atoms with Crippen LogP contribution in [0.3, 0.4) is 0 Å². The van der Waals surface area contributed by atoms with Crippen molar-refractivity contribution in [3.05, 3.63) is 77.9 Å². The molecule has 2 heterocycles. The Morgan fingerprint density at radius 2 is 1.96 bits per heavy atom. The van der Waals surface area contributed by atoms with E-state index in [4.69, 9.17) is 4.98 Å². The standard InChI is InChI=1S/C22H24N4/c1-2-7-17(8-3-1)9-5-14-24-20-11-4-12-21-19(20)16-25-22(26-21)18-10-6-13-23-15-18/h1-3,6-8,10,13,15-16,20,24H,4-5,9,11-12,14H2/t20-/m1/s1. The Labute approximate surface area is 154 Å². The topological polar surface area (TPSA) is 50.7 Å². The molecule has 1 aromatic carbocycles. The number of hydrogen-bond acceptors (Lipinski definition) is 4. The number of benzene rings is 1. The zero-order valence-electron chi connectivity index (χ0n) is 14.9. The molecule has 0 unspecified atom stereocenters. The number of fused-ring (bicyclic) bond motifs is 1. The van der Waals surface area contributed by atoms with Crippen LogP contribution in [0.5, 0.6) is 0 Å². The van der Waals surface area contributed by atoms with Crippen molar-refractivity contribution in [2.75, 3.05) is 6.54 Å². The molecule has 4 rings (SSSR count). The van der Waals surface area contributed by atoms with Crippen LogP contribution in [0.2, 0.25) is 0 Å². The van der Waals surface area contributed by atoms with E-state index in [0.717, 1.165) is 43.6 Å². The smallest absolute Gasteiger partial charge is 0.160 e. The van der Waals surface area contributed by atoms with Gasteiger partial charge < -0.3 is 5.32 Å². The van der Waals surface area contributed by atoms with Crippen molar-refractivity contribution < 1.29 is 0 Å². The van der Waals surface area contributed by atoms with E-state index in [1.165, 1.54) is 23.2 Å². The number of hydrogen-bond donors (Lipinski definition) is 1. The highest BCUT2D eigenvalue weighted by Gasteiger charge is 2.22. The highest BCUT2D eigenvalue weighted by Crippen LogP contribution is 2.29. The van der Waals surface area contributed by atoms with Crippen LogP contribution in [-0.2, 0) is 12.8 Å². The first-order chi connectivity index (χ1) is 12.9. The van der Waals surface area contributed by atoms with Gasteiger partial charge in [-0.15, -0.1) is 0 Å². The predicted molar refractivity (Wildman–Crippen MR) is 104 cm³/mol. The zero-order valence-corrected chi connectivity index (χ0v) is 14.9. The van der Waals surface area contributed by atoms with Crippen molar-refractivity contribution in [1.29, 1.82) is 0 Å². The van der Waals surface area contributed by atoms with Crippen molar-refractivity contribution in [1.82, 2.24) is 20.3 Å². The van der Waals surface area contributed by atoms with Crippen LogP contribution in [0.4, 0.5) is 0 Å². The number of aromatic nitrogens is 3. The van der Waals surface area contributed by atoms with Crippen LogP contribution >= 0.6 is 0 Å². The van der Waals surface area contributed by atoms with Gasteiger partial charge in [-0.3, -0.25) is 4.98 Å². The van der Waals surface area contributed by atoms with E-state index in [1.54, 1.807) is 6.20 Å². The molecule has 0 fully saturated rings. The van der Waals surface area contributed by atoms with Crippen molar-refractivity contribution in [2.24, 2.45) is 0 Å². The number of aryl methyl sites for hydroxylation is 2. The maximum absolute atomic E-state index is 4.82. The minimum Gasteiger partial charge on any atom is -0.310 e. The molecule has 1 atom stereocenters. The van der Waals surface area contributed by atoms with Gasteiger partial charge in [-0.05, 0) is 56.3 Å². The second-order valence-electron chi connectivity index (χ2n) is 6.83. The molecule has 0 saturated carbocycles. The van der Waals surface area contributed by atoms with Gasteiger partial charge >= 0.3 is 0 Å². The molecule has 2 aromatic heterocycles. The second kappa shape index (κ2) is 8.19. The van der Waals surface area contributed by atoms with Crippen LogP contribution in [0.25, 0.3) is 11.4 Å². The van der Waals surface area contributed by atoms with Gasteiger partial charge in [-0.1, -0.05) is 30.3 Å². The van der Waals surface area contributed by atoms with Gasteiger partial charge in [-0.25, -0.2) is 9.97 Å². The highest BCUT2D eigenvalue weighted by molar-refractivity contribution is 5.53. The second-order valence-corrected chi connectivity index (χ2v) is 6.83. The highest BCUT2D eigenvalue weighted by atomic mass is 14.9. The van der Waals surface area contributed by atoms with Gasteiger partial charge in [0, 0.05) is 41.5 Å². The van der Waals surface area contributed by atoms with Crippen LogP contribution < -0.4 is 5.32 Å². The first kappa shape index (κ1) is 16.9. The van der Waals surface area contributed by atoms with Crippen LogP contribution in [0.1, 0.15) is 42.1 Å². The van der Waals surface area contributed by atoms with Gasteiger partial charge in [-0.2, -0.15) is 0 Å². The molecule has 4 nitrogen and oxygen atoms in total. The lowest BCUT2D eigenvalue weighted by atomic mass is 9.92. The van der Waals surface area contributed by atoms with E-state index >= 15 is 0 Å². The van der Waals surface area contributed by atoms with Crippen LogP contribution in [0, 0.1) is 0 Å². The summed E-state index contributed by atoms with van der Waals surface area (Å²) in [5.41, 5.74) is 4.84. The summed E-state index contributed by atoms with van der Waals surface area (Å²) in [5, 5.41) is 3.71. The quantitative estimate of drug-likeness (QED) is 0.683. The predicted octanol–water partition coefficient (Wildman–Crippen LogP) is 4.14. The molecule has 1 aliphatic carbocycles. The van der Waals surface area contributed by atoms with E-state index in [1.807, 2.05) is 24.5 Å². The Bertz CT molecular complexity index is 833. The summed E-state index contributed by atoms with van der Waals surface area (Å²) >= 11 is 0. The summed E-state index contributed by atoms with van der Waals surface area (Å²) in [6.45, 7) is 1.02. The summed E-state index contributed by atoms with van der Waals surface area (Å²) in [4.78, 5) is 13.6. The third kappa shape index (κ3) is 3.97. The normalized spacial score (nSPS) is 16.2. The lowest BCUT2D eigenvalue weighted by molar-refractivity contribution is 0.449. The number of rotatable bonds is 6. The average molecular weight is 344 g/mol. The maximum Gasteiger partial charge on any atom is 0.160 e. The lowest BCUT2D eigenvalue weighted by Gasteiger charge is -2.25. The minimum absolute atomic E-state index is 0.373. The van der Waals surface area contributed by atoms with Crippen molar-refractivity contribution >= 4 is 0 Å². The number of nitrogens with one attached hydrogen (secondary N) is 1. The average Bonchev–Trinajstić information content (AvgIpc) is 2.72. The molecule has 0 aliphatic heterocycles. The monoisotopic (exact) mass is 344 g/mol. The van der Waals surface area contributed by atoms with E-state index in [-0.39, 0.29) is 0 Å². The van der Waals surface area contributed by atoms with Gasteiger partial charge in [0.25, 0.3) is 0 Å². The summed E-state index contributed by atoms with van der Waals surface area (Å²) in [6, 6.07) is 15.0. The molecule has 0 bridgehead atoms. The zero-order chi connectivity index (χ0) is 17.6. The summed E-state index contributed by atoms with van der Waals surface area (Å²) < 4.78 is 0. The third-order valence-electron chi connectivity index (χ3n) is 4.98. The fourth-order valence-corrected chi connectivity index (χ4v) is 3.61. The summed E-state index contributed by atoms with van der Waals surface area (Å²) in [6.07, 6.45) is 11.2. The fraction of sp³-hybridized carbons (Fsp3) is 0.318. The van der Waals surface area contributed by atoms with E-state index < -0.39 is 0 Å². The molecule has 0 amide bonds. The number of pyridine rings is 1. The molecule has 0 radical (unpaired) electrons. The Balaban J connectivity index is 1.39. The van der Waals surface area contributed by atoms with Crippen molar-refractivity contribution in [3.63, 3.8) is 0 Å². The molecule has 1 aliphatic rings. The Morgan fingerprint density at radius 3 is 2.81 bits per heavy atom. The van der Waals surface area contributed by atoms with Crippen LogP contribution in [0.15, 0.2) is 61.1 Å². The van der Waals surface area contributed by atoms with Gasteiger partial charge in [0.1, 0.15) is 0 Å². The lowest BCUT2D eigenvalue weighted by Crippen LogP contribution is -2.27. The largest absolute Gasteiger partial charge is 0.310 e. The van der Waals surface area contributed by atoms with E-state index in [9.17, 15) is 0 Å². The Hall–Kier alpha value is -2.59. The van der Waals surface area contributed by atoms with Gasteiger partial charge in [0.2, 0.25) is 0 Å². The first-order valence-electron chi connectivity index (χ1n) is 9.44. The molecular formula is C22H24N4.